The smallest absolute Gasteiger partial charge is 0.212 e. The zero-order chi connectivity index (χ0) is 25.1. The number of benzene rings is 2. The minimum Gasteiger partial charge on any atom is -0.368 e. The lowest BCUT2D eigenvalue weighted by molar-refractivity contribution is 0.102. The number of hydrogen-bond donors (Lipinski definition) is 0. The molecule has 2 aromatic carbocycles. The van der Waals surface area contributed by atoms with E-state index in [1.807, 2.05) is 73.1 Å². The Morgan fingerprint density at radius 1 is 0.667 bits per heavy atom. The van der Waals surface area contributed by atoms with Crippen LogP contribution in [-0.4, -0.2) is 47.7 Å². The predicted octanol–water partition coefficient (Wildman–Crippen LogP) is 5.51. The maximum atomic E-state index is 12.7. The molecule has 2 aromatic heterocycles. The highest BCUT2D eigenvalue weighted by Gasteiger charge is 2.20. The number of carbonyl (C=O) groups is 2. The molecule has 184 valence electrons. The van der Waals surface area contributed by atoms with Gasteiger partial charge in [-0.05, 0) is 61.4 Å². The lowest BCUT2D eigenvalue weighted by atomic mass is 10.1. The summed E-state index contributed by atoms with van der Waals surface area (Å²) in [7, 11) is 0. The Morgan fingerprint density at radius 2 is 1.03 bits per heavy atom. The zero-order valence-corrected chi connectivity index (χ0v) is 22.1. The van der Waals surface area contributed by atoms with Crippen LogP contribution in [0.1, 0.15) is 56.0 Å². The number of nitrogens with zero attached hydrogens (tertiary/aromatic N) is 4. The Hall–Kier alpha value is -3.36. The van der Waals surface area contributed by atoms with Crippen LogP contribution in [0.2, 0.25) is 0 Å². The van der Waals surface area contributed by atoms with Crippen molar-refractivity contribution < 1.29 is 9.59 Å². The summed E-state index contributed by atoms with van der Waals surface area (Å²) in [6, 6.07) is 15.7. The number of thiazole rings is 2. The summed E-state index contributed by atoms with van der Waals surface area (Å²) in [5.74, 6) is -0.0466. The number of aryl methyl sites for hydroxylation is 2. The Balaban J connectivity index is 1.18. The number of anilines is 2. The Labute approximate surface area is 219 Å². The van der Waals surface area contributed by atoms with E-state index in [0.29, 0.717) is 22.5 Å². The van der Waals surface area contributed by atoms with E-state index in [1.165, 1.54) is 22.7 Å². The summed E-state index contributed by atoms with van der Waals surface area (Å²) < 4.78 is 0. The largest absolute Gasteiger partial charge is 0.368 e. The second kappa shape index (κ2) is 10.7. The fourth-order valence-electron chi connectivity index (χ4n) is 4.32. The highest BCUT2D eigenvalue weighted by molar-refractivity contribution is 7.10. The van der Waals surface area contributed by atoms with Crippen molar-refractivity contribution in [3.63, 3.8) is 0 Å². The molecule has 0 N–H and O–H groups in total. The van der Waals surface area contributed by atoms with Gasteiger partial charge in [-0.3, -0.25) is 9.59 Å². The SMILES string of the molecule is CCc1nc(C(=O)c2ccc(N3CCN(c4ccc(C(=O)c5csc(CC)n5)cc4)CC3)cc2)cs1. The molecule has 4 aromatic rings. The minimum atomic E-state index is -0.0233. The van der Waals surface area contributed by atoms with Gasteiger partial charge in [0.25, 0.3) is 0 Å². The maximum absolute atomic E-state index is 12.7. The third kappa shape index (κ3) is 5.10. The number of ketones is 2. The van der Waals surface area contributed by atoms with E-state index < -0.39 is 0 Å². The lowest BCUT2D eigenvalue weighted by Crippen LogP contribution is -2.46. The molecule has 0 atom stereocenters. The first kappa shape index (κ1) is 24.3. The highest BCUT2D eigenvalue weighted by atomic mass is 32.1. The fourth-order valence-corrected chi connectivity index (χ4v) is 5.77. The second-order valence-electron chi connectivity index (χ2n) is 8.69. The second-order valence-corrected chi connectivity index (χ2v) is 10.6. The third-order valence-electron chi connectivity index (χ3n) is 6.44. The summed E-state index contributed by atoms with van der Waals surface area (Å²) in [5, 5.41) is 5.66. The molecule has 36 heavy (non-hydrogen) atoms. The average molecular weight is 517 g/mol. The van der Waals surface area contributed by atoms with Crippen molar-refractivity contribution in [1.29, 1.82) is 0 Å². The fraction of sp³-hybridized carbons (Fsp3) is 0.286. The van der Waals surface area contributed by atoms with Gasteiger partial charge in [-0.15, -0.1) is 22.7 Å². The molecule has 1 fully saturated rings. The quantitative estimate of drug-likeness (QED) is 0.288. The van der Waals surface area contributed by atoms with Gasteiger partial charge in [0.05, 0.1) is 10.0 Å². The topological polar surface area (TPSA) is 66.4 Å². The molecular weight excluding hydrogens is 488 g/mol. The minimum absolute atomic E-state index is 0.0233. The van der Waals surface area contributed by atoms with E-state index in [0.717, 1.165) is 60.4 Å². The monoisotopic (exact) mass is 516 g/mol. The van der Waals surface area contributed by atoms with Crippen molar-refractivity contribution in [2.45, 2.75) is 26.7 Å². The molecular formula is C28H28N4O2S2. The van der Waals surface area contributed by atoms with Gasteiger partial charge in [0.2, 0.25) is 11.6 Å². The molecule has 8 heteroatoms. The standard InChI is InChI=1S/C28H28N4O2S2/c1-3-25-29-23(17-35-25)27(33)19-5-9-21(10-6-19)31-13-15-32(16-14-31)22-11-7-20(8-12-22)28(34)24-18-36-26(4-2)30-24/h5-12,17-18H,3-4,13-16H2,1-2H3. The van der Waals surface area contributed by atoms with Crippen LogP contribution in [0.15, 0.2) is 59.3 Å². The Kier molecular flexibility index (Phi) is 7.25. The van der Waals surface area contributed by atoms with Gasteiger partial charge in [0.1, 0.15) is 11.4 Å². The molecule has 0 saturated carbocycles. The van der Waals surface area contributed by atoms with Crippen molar-refractivity contribution >= 4 is 45.6 Å². The molecule has 0 radical (unpaired) electrons. The summed E-state index contributed by atoms with van der Waals surface area (Å²) in [5.41, 5.74) is 4.64. The van der Waals surface area contributed by atoms with Crippen molar-refractivity contribution in [2.75, 3.05) is 36.0 Å². The number of aromatic nitrogens is 2. The van der Waals surface area contributed by atoms with Crippen LogP contribution < -0.4 is 9.80 Å². The maximum Gasteiger partial charge on any atom is 0.212 e. The molecule has 0 aliphatic carbocycles. The van der Waals surface area contributed by atoms with Crippen LogP contribution in [0.3, 0.4) is 0 Å². The molecule has 1 saturated heterocycles. The first-order valence-electron chi connectivity index (χ1n) is 12.2. The van der Waals surface area contributed by atoms with Crippen LogP contribution in [-0.2, 0) is 12.8 Å². The van der Waals surface area contributed by atoms with Gasteiger partial charge in [0.15, 0.2) is 0 Å². The summed E-state index contributed by atoms with van der Waals surface area (Å²) >= 11 is 3.07. The van der Waals surface area contributed by atoms with Gasteiger partial charge in [-0.25, -0.2) is 9.97 Å². The molecule has 6 nitrogen and oxygen atoms in total. The molecule has 0 bridgehead atoms. The van der Waals surface area contributed by atoms with E-state index in [4.69, 9.17) is 0 Å². The Bertz CT molecular complexity index is 1250. The van der Waals surface area contributed by atoms with Crippen LogP contribution in [0.25, 0.3) is 0 Å². The first-order chi connectivity index (χ1) is 17.6. The first-order valence-corrected chi connectivity index (χ1v) is 14.0. The van der Waals surface area contributed by atoms with E-state index >= 15 is 0 Å². The normalized spacial score (nSPS) is 13.7. The van der Waals surface area contributed by atoms with Gasteiger partial charge in [-0.1, -0.05) is 13.8 Å². The van der Waals surface area contributed by atoms with E-state index in [9.17, 15) is 9.59 Å². The Morgan fingerprint density at radius 3 is 1.33 bits per heavy atom. The molecule has 3 heterocycles. The molecule has 1 aliphatic heterocycles. The molecule has 1 aliphatic rings. The van der Waals surface area contributed by atoms with Crippen LogP contribution in [0, 0.1) is 0 Å². The third-order valence-corrected chi connectivity index (χ3v) is 8.43. The van der Waals surface area contributed by atoms with E-state index in [-0.39, 0.29) is 11.6 Å². The van der Waals surface area contributed by atoms with Crippen LogP contribution >= 0.6 is 22.7 Å². The van der Waals surface area contributed by atoms with Crippen molar-refractivity contribution in [1.82, 2.24) is 9.97 Å². The molecule has 5 rings (SSSR count). The van der Waals surface area contributed by atoms with Gasteiger partial charge < -0.3 is 9.80 Å². The molecule has 0 spiro atoms. The van der Waals surface area contributed by atoms with E-state index in [1.54, 1.807) is 0 Å². The van der Waals surface area contributed by atoms with E-state index in [2.05, 4.69) is 19.8 Å². The lowest BCUT2D eigenvalue weighted by Gasteiger charge is -2.37. The van der Waals surface area contributed by atoms with Gasteiger partial charge in [-0.2, -0.15) is 0 Å². The van der Waals surface area contributed by atoms with Gasteiger partial charge in [0, 0.05) is 59.4 Å². The number of rotatable bonds is 8. The predicted molar refractivity (Wildman–Crippen MR) is 147 cm³/mol. The van der Waals surface area contributed by atoms with Gasteiger partial charge >= 0.3 is 0 Å². The highest BCUT2D eigenvalue weighted by Crippen LogP contribution is 2.24. The van der Waals surface area contributed by atoms with Crippen LogP contribution in [0.5, 0.6) is 0 Å². The van der Waals surface area contributed by atoms with Crippen molar-refractivity contribution in [2.24, 2.45) is 0 Å². The number of carbonyl (C=O) groups excluding carboxylic acids is 2. The molecule has 0 unspecified atom stereocenters. The summed E-state index contributed by atoms with van der Waals surface area (Å²) in [6.07, 6.45) is 1.69. The van der Waals surface area contributed by atoms with Crippen LogP contribution in [0.4, 0.5) is 11.4 Å². The average Bonchev–Trinajstić information content (AvgIpc) is 3.63. The number of hydrogen-bond acceptors (Lipinski definition) is 8. The number of piperazine rings is 1. The zero-order valence-electron chi connectivity index (χ0n) is 20.4. The summed E-state index contributed by atoms with van der Waals surface area (Å²) in [4.78, 5) is 39.0. The molecule has 0 amide bonds. The van der Waals surface area contributed by atoms with Crippen molar-refractivity contribution in [3.05, 3.63) is 91.8 Å². The van der Waals surface area contributed by atoms with Crippen molar-refractivity contribution in [3.8, 4) is 0 Å². The summed E-state index contributed by atoms with van der Waals surface area (Å²) in [6.45, 7) is 7.64.